The molecule has 0 aliphatic carbocycles. The van der Waals surface area contributed by atoms with Crippen LogP contribution in [0, 0.1) is 5.92 Å². The fourth-order valence-corrected chi connectivity index (χ4v) is 2.60. The first kappa shape index (κ1) is 15.1. The van der Waals surface area contributed by atoms with Crippen LogP contribution in [0.25, 0.3) is 11.0 Å². The molecule has 3 heteroatoms. The van der Waals surface area contributed by atoms with E-state index in [1.165, 1.54) is 0 Å². The Labute approximate surface area is 121 Å². The van der Waals surface area contributed by atoms with Crippen LogP contribution in [0.4, 0.5) is 0 Å². The number of nitrogens with one attached hydrogen (secondary N) is 1. The number of hydrogen-bond donors (Lipinski definition) is 2. The van der Waals surface area contributed by atoms with Gasteiger partial charge in [0.05, 0.1) is 6.04 Å². The van der Waals surface area contributed by atoms with Crippen LogP contribution in [0.15, 0.2) is 34.7 Å². The molecule has 20 heavy (non-hydrogen) atoms. The summed E-state index contributed by atoms with van der Waals surface area (Å²) in [7, 11) is 0. The lowest BCUT2D eigenvalue weighted by molar-refractivity contribution is 0.244. The minimum Gasteiger partial charge on any atom is -0.459 e. The van der Waals surface area contributed by atoms with Crippen LogP contribution >= 0.6 is 0 Å². The van der Waals surface area contributed by atoms with E-state index in [9.17, 15) is 0 Å². The molecule has 2 N–H and O–H groups in total. The van der Waals surface area contributed by atoms with E-state index >= 15 is 0 Å². The van der Waals surface area contributed by atoms with Gasteiger partial charge in [-0.1, -0.05) is 31.5 Å². The van der Waals surface area contributed by atoms with Crippen LogP contribution < -0.4 is 5.32 Å². The van der Waals surface area contributed by atoms with Gasteiger partial charge in [-0.2, -0.15) is 0 Å². The van der Waals surface area contributed by atoms with E-state index in [0.29, 0.717) is 5.92 Å². The van der Waals surface area contributed by atoms with Crippen LogP contribution in [-0.2, 0) is 0 Å². The van der Waals surface area contributed by atoms with Crippen molar-refractivity contribution in [1.82, 2.24) is 5.32 Å². The zero-order chi connectivity index (χ0) is 14.4. The average Bonchev–Trinajstić information content (AvgIpc) is 2.89. The second-order valence-corrected chi connectivity index (χ2v) is 5.48. The molecule has 0 amide bonds. The van der Waals surface area contributed by atoms with E-state index in [1.54, 1.807) is 0 Å². The SMILES string of the molecule is CCCC(CCO)CNC(C)c1cc2ccccc2o1. The van der Waals surface area contributed by atoms with Gasteiger partial charge in [0, 0.05) is 12.0 Å². The van der Waals surface area contributed by atoms with Crippen molar-refractivity contribution in [2.75, 3.05) is 13.2 Å². The number of aliphatic hydroxyl groups excluding tert-OH is 1. The van der Waals surface area contributed by atoms with Crippen molar-refractivity contribution in [2.24, 2.45) is 5.92 Å². The lowest BCUT2D eigenvalue weighted by Gasteiger charge is -2.18. The van der Waals surface area contributed by atoms with Crippen LogP contribution in [0.5, 0.6) is 0 Å². The zero-order valence-electron chi connectivity index (χ0n) is 12.4. The Morgan fingerprint density at radius 3 is 2.75 bits per heavy atom. The predicted molar refractivity (Wildman–Crippen MR) is 82.7 cm³/mol. The predicted octanol–water partition coefficient (Wildman–Crippen LogP) is 3.88. The van der Waals surface area contributed by atoms with Gasteiger partial charge in [0.15, 0.2) is 0 Å². The lowest BCUT2D eigenvalue weighted by Crippen LogP contribution is -2.26. The fourth-order valence-electron chi connectivity index (χ4n) is 2.60. The molecule has 1 aromatic carbocycles. The molecule has 2 atom stereocenters. The van der Waals surface area contributed by atoms with Crippen molar-refractivity contribution < 1.29 is 9.52 Å². The van der Waals surface area contributed by atoms with E-state index in [1.807, 2.05) is 18.2 Å². The van der Waals surface area contributed by atoms with E-state index < -0.39 is 0 Å². The van der Waals surface area contributed by atoms with Gasteiger partial charge in [0.1, 0.15) is 11.3 Å². The fraction of sp³-hybridized carbons (Fsp3) is 0.529. The number of para-hydroxylation sites is 1. The van der Waals surface area contributed by atoms with Gasteiger partial charge in [0.2, 0.25) is 0 Å². The second kappa shape index (κ2) is 7.46. The second-order valence-electron chi connectivity index (χ2n) is 5.48. The quantitative estimate of drug-likeness (QED) is 0.768. The third kappa shape index (κ3) is 3.84. The van der Waals surface area contributed by atoms with Crippen molar-refractivity contribution in [1.29, 1.82) is 0 Å². The average molecular weight is 275 g/mol. The molecule has 0 aliphatic heterocycles. The largest absolute Gasteiger partial charge is 0.459 e. The highest BCUT2D eigenvalue weighted by molar-refractivity contribution is 5.77. The number of furan rings is 1. The van der Waals surface area contributed by atoms with Crippen LogP contribution in [0.2, 0.25) is 0 Å². The van der Waals surface area contributed by atoms with Gasteiger partial charge in [-0.05, 0) is 44.4 Å². The summed E-state index contributed by atoms with van der Waals surface area (Å²) in [6, 6.07) is 10.4. The van der Waals surface area contributed by atoms with Gasteiger partial charge in [-0.25, -0.2) is 0 Å². The molecule has 2 unspecified atom stereocenters. The van der Waals surface area contributed by atoms with Crippen LogP contribution in [0.3, 0.4) is 0 Å². The van der Waals surface area contributed by atoms with Crippen molar-refractivity contribution >= 4 is 11.0 Å². The molecule has 0 bridgehead atoms. The van der Waals surface area contributed by atoms with Crippen molar-refractivity contribution in [2.45, 2.75) is 39.2 Å². The Balaban J connectivity index is 1.95. The van der Waals surface area contributed by atoms with Crippen LogP contribution in [-0.4, -0.2) is 18.3 Å². The van der Waals surface area contributed by atoms with E-state index in [0.717, 1.165) is 42.5 Å². The summed E-state index contributed by atoms with van der Waals surface area (Å²) in [5, 5.41) is 13.8. The van der Waals surface area contributed by atoms with Gasteiger partial charge in [0.25, 0.3) is 0 Å². The molecular weight excluding hydrogens is 250 g/mol. The molecule has 2 rings (SSSR count). The highest BCUT2D eigenvalue weighted by atomic mass is 16.3. The van der Waals surface area contributed by atoms with Crippen LogP contribution in [0.1, 0.15) is 44.9 Å². The first-order valence-corrected chi connectivity index (χ1v) is 7.57. The molecule has 110 valence electrons. The van der Waals surface area contributed by atoms with Gasteiger partial charge in [-0.15, -0.1) is 0 Å². The summed E-state index contributed by atoms with van der Waals surface area (Å²) in [6.45, 7) is 5.50. The summed E-state index contributed by atoms with van der Waals surface area (Å²) >= 11 is 0. The maximum absolute atomic E-state index is 9.09. The number of aliphatic hydroxyl groups is 1. The van der Waals surface area contributed by atoms with Crippen molar-refractivity contribution in [3.8, 4) is 0 Å². The summed E-state index contributed by atoms with van der Waals surface area (Å²) in [5.74, 6) is 1.52. The van der Waals surface area contributed by atoms with E-state index in [-0.39, 0.29) is 12.6 Å². The summed E-state index contributed by atoms with van der Waals surface area (Å²) < 4.78 is 5.87. The number of fused-ring (bicyclic) bond motifs is 1. The Kier molecular flexibility index (Phi) is 5.62. The standard InChI is InChI=1S/C17H25NO2/c1-3-6-14(9-10-19)12-18-13(2)17-11-15-7-4-5-8-16(15)20-17/h4-5,7-8,11,13-14,18-19H,3,6,9-10,12H2,1-2H3. The Hall–Kier alpha value is -1.32. The van der Waals surface area contributed by atoms with Gasteiger partial charge in [-0.3, -0.25) is 0 Å². The first-order valence-electron chi connectivity index (χ1n) is 7.57. The molecule has 0 saturated heterocycles. The summed E-state index contributed by atoms with van der Waals surface area (Å²) in [4.78, 5) is 0. The molecular formula is C17H25NO2. The third-order valence-electron chi connectivity index (χ3n) is 3.82. The molecule has 0 saturated carbocycles. The number of benzene rings is 1. The van der Waals surface area contributed by atoms with Gasteiger partial charge >= 0.3 is 0 Å². The molecule has 2 aromatic rings. The molecule has 3 nitrogen and oxygen atoms in total. The molecule has 1 aromatic heterocycles. The zero-order valence-corrected chi connectivity index (χ0v) is 12.4. The Bertz CT molecular complexity index is 481. The van der Waals surface area contributed by atoms with Crippen molar-refractivity contribution in [3.05, 3.63) is 36.1 Å². The first-order chi connectivity index (χ1) is 9.74. The molecule has 1 heterocycles. The normalized spacial score (nSPS) is 14.6. The number of rotatable bonds is 8. The Morgan fingerprint density at radius 2 is 2.05 bits per heavy atom. The third-order valence-corrected chi connectivity index (χ3v) is 3.82. The van der Waals surface area contributed by atoms with E-state index in [4.69, 9.17) is 9.52 Å². The maximum atomic E-state index is 9.09. The molecule has 0 aliphatic rings. The number of hydrogen-bond acceptors (Lipinski definition) is 3. The minimum atomic E-state index is 0.195. The molecule has 0 spiro atoms. The summed E-state index contributed by atoms with van der Waals surface area (Å²) in [5.41, 5.74) is 0.941. The lowest BCUT2D eigenvalue weighted by atomic mass is 10.00. The smallest absolute Gasteiger partial charge is 0.134 e. The maximum Gasteiger partial charge on any atom is 0.134 e. The Morgan fingerprint density at radius 1 is 1.25 bits per heavy atom. The minimum absolute atomic E-state index is 0.195. The van der Waals surface area contributed by atoms with Gasteiger partial charge < -0.3 is 14.8 Å². The highest BCUT2D eigenvalue weighted by Crippen LogP contribution is 2.24. The molecule has 0 radical (unpaired) electrons. The molecule has 0 fully saturated rings. The monoisotopic (exact) mass is 275 g/mol. The topological polar surface area (TPSA) is 45.4 Å². The van der Waals surface area contributed by atoms with E-state index in [2.05, 4.69) is 31.3 Å². The van der Waals surface area contributed by atoms with Crippen molar-refractivity contribution in [3.63, 3.8) is 0 Å². The highest BCUT2D eigenvalue weighted by Gasteiger charge is 2.13. The summed E-state index contributed by atoms with van der Waals surface area (Å²) in [6.07, 6.45) is 3.18.